The highest BCUT2D eigenvalue weighted by molar-refractivity contribution is 5.94. The Morgan fingerprint density at radius 3 is 2.42 bits per heavy atom. The number of ether oxygens (including phenoxy) is 3. The van der Waals surface area contributed by atoms with Gasteiger partial charge in [0.15, 0.2) is 5.78 Å². The van der Waals surface area contributed by atoms with Gasteiger partial charge in [0.25, 0.3) is 0 Å². The Labute approximate surface area is 151 Å². The van der Waals surface area contributed by atoms with E-state index < -0.39 is 5.97 Å². The molecule has 0 amide bonds. The molecular formula is C20H21FO5. The van der Waals surface area contributed by atoms with Crippen LogP contribution in [0.2, 0.25) is 0 Å². The lowest BCUT2D eigenvalue weighted by atomic mass is 10.0. The van der Waals surface area contributed by atoms with Gasteiger partial charge in [-0.2, -0.15) is 0 Å². The highest BCUT2D eigenvalue weighted by Gasteiger charge is 2.12. The van der Waals surface area contributed by atoms with E-state index in [0.29, 0.717) is 35.7 Å². The third-order valence-corrected chi connectivity index (χ3v) is 3.66. The summed E-state index contributed by atoms with van der Waals surface area (Å²) in [6, 6.07) is 10.7. The number of rotatable bonds is 9. The SMILES string of the molecule is COc1ccc(C(C)=O)cc1CC(=O)OCCCOc1ccc(F)cc1. The van der Waals surface area contributed by atoms with Crippen LogP contribution in [0.3, 0.4) is 0 Å². The third-order valence-electron chi connectivity index (χ3n) is 3.66. The van der Waals surface area contributed by atoms with Crippen LogP contribution in [0.15, 0.2) is 42.5 Å². The second-order valence-electron chi connectivity index (χ2n) is 5.64. The lowest BCUT2D eigenvalue weighted by Crippen LogP contribution is -2.12. The van der Waals surface area contributed by atoms with Crippen molar-refractivity contribution >= 4 is 11.8 Å². The van der Waals surface area contributed by atoms with Crippen LogP contribution in [-0.4, -0.2) is 32.1 Å². The van der Waals surface area contributed by atoms with Crippen molar-refractivity contribution in [1.29, 1.82) is 0 Å². The van der Waals surface area contributed by atoms with Gasteiger partial charge in [0, 0.05) is 17.5 Å². The third kappa shape index (κ3) is 5.88. The molecule has 26 heavy (non-hydrogen) atoms. The van der Waals surface area contributed by atoms with E-state index in [2.05, 4.69) is 0 Å². The first-order chi connectivity index (χ1) is 12.5. The van der Waals surface area contributed by atoms with E-state index in [-0.39, 0.29) is 24.6 Å². The predicted octanol–water partition coefficient (Wildman–Crippen LogP) is 3.59. The summed E-state index contributed by atoms with van der Waals surface area (Å²) in [5, 5.41) is 0. The van der Waals surface area contributed by atoms with Gasteiger partial charge in [-0.1, -0.05) is 0 Å². The summed E-state index contributed by atoms with van der Waals surface area (Å²) in [5.74, 6) is 0.275. The molecule has 0 radical (unpaired) electrons. The van der Waals surface area contributed by atoms with Crippen LogP contribution in [0.25, 0.3) is 0 Å². The number of halogens is 1. The van der Waals surface area contributed by atoms with E-state index in [1.165, 1.54) is 38.3 Å². The Morgan fingerprint density at radius 1 is 1.04 bits per heavy atom. The maximum atomic E-state index is 12.8. The Balaban J connectivity index is 1.77. The molecule has 0 aromatic heterocycles. The van der Waals surface area contributed by atoms with Crippen molar-refractivity contribution in [3.05, 3.63) is 59.4 Å². The van der Waals surface area contributed by atoms with Crippen molar-refractivity contribution in [2.75, 3.05) is 20.3 Å². The Bertz CT molecular complexity index is 755. The van der Waals surface area contributed by atoms with Gasteiger partial charge in [0.05, 0.1) is 26.7 Å². The van der Waals surface area contributed by atoms with E-state index in [1.807, 2.05) is 0 Å². The van der Waals surface area contributed by atoms with E-state index in [0.717, 1.165) is 0 Å². The van der Waals surface area contributed by atoms with Gasteiger partial charge < -0.3 is 14.2 Å². The Morgan fingerprint density at radius 2 is 1.77 bits per heavy atom. The number of ketones is 1. The van der Waals surface area contributed by atoms with Gasteiger partial charge in [-0.05, 0) is 49.4 Å². The minimum absolute atomic E-state index is 0.0170. The standard InChI is InChI=1S/C20H21FO5/c1-14(22)15-4-9-19(24-2)16(12-15)13-20(23)26-11-3-10-25-18-7-5-17(21)6-8-18/h4-9,12H,3,10-11,13H2,1-2H3. The van der Waals surface area contributed by atoms with E-state index in [4.69, 9.17) is 14.2 Å². The number of carbonyl (C=O) groups is 2. The van der Waals surface area contributed by atoms with Crippen molar-refractivity contribution in [1.82, 2.24) is 0 Å². The van der Waals surface area contributed by atoms with Crippen LogP contribution in [0.1, 0.15) is 29.3 Å². The van der Waals surface area contributed by atoms with Crippen LogP contribution >= 0.6 is 0 Å². The molecule has 138 valence electrons. The second-order valence-corrected chi connectivity index (χ2v) is 5.64. The summed E-state index contributed by atoms with van der Waals surface area (Å²) in [5.41, 5.74) is 1.12. The minimum atomic E-state index is -0.411. The molecule has 6 heteroatoms. The average Bonchev–Trinajstić information content (AvgIpc) is 2.62. The number of benzene rings is 2. The monoisotopic (exact) mass is 360 g/mol. The highest BCUT2D eigenvalue weighted by Crippen LogP contribution is 2.21. The minimum Gasteiger partial charge on any atom is -0.496 e. The number of hydrogen-bond donors (Lipinski definition) is 0. The molecule has 0 spiro atoms. The molecule has 2 aromatic carbocycles. The van der Waals surface area contributed by atoms with E-state index >= 15 is 0 Å². The molecule has 0 saturated carbocycles. The molecule has 2 rings (SSSR count). The maximum Gasteiger partial charge on any atom is 0.310 e. The molecule has 2 aromatic rings. The van der Waals surface area contributed by atoms with E-state index in [1.54, 1.807) is 18.2 Å². The normalized spacial score (nSPS) is 10.3. The molecule has 0 aliphatic carbocycles. The molecule has 0 aliphatic heterocycles. The largest absolute Gasteiger partial charge is 0.496 e. The van der Waals surface area contributed by atoms with E-state index in [9.17, 15) is 14.0 Å². The fraction of sp³-hybridized carbons (Fsp3) is 0.300. The summed E-state index contributed by atoms with van der Waals surface area (Å²) >= 11 is 0. The summed E-state index contributed by atoms with van der Waals surface area (Å²) in [6.07, 6.45) is 0.525. The molecule has 0 saturated heterocycles. The zero-order chi connectivity index (χ0) is 18.9. The fourth-order valence-electron chi connectivity index (χ4n) is 2.31. The number of hydrogen-bond acceptors (Lipinski definition) is 5. The zero-order valence-electron chi connectivity index (χ0n) is 14.8. The number of Topliss-reactive ketones (excluding diaryl/α,β-unsaturated/α-hetero) is 1. The summed E-state index contributed by atoms with van der Waals surface area (Å²) in [7, 11) is 1.50. The quantitative estimate of drug-likeness (QED) is 0.388. The molecule has 0 fully saturated rings. The first kappa shape index (κ1) is 19.4. The molecule has 0 unspecified atom stereocenters. The molecule has 0 heterocycles. The van der Waals surface area contributed by atoms with Crippen molar-refractivity contribution in [2.24, 2.45) is 0 Å². The Kier molecular flexibility index (Phi) is 7.14. The molecule has 0 atom stereocenters. The van der Waals surface area contributed by atoms with Crippen molar-refractivity contribution in [3.8, 4) is 11.5 Å². The average molecular weight is 360 g/mol. The molecule has 0 N–H and O–H groups in total. The molecule has 5 nitrogen and oxygen atoms in total. The van der Waals surface area contributed by atoms with Crippen LogP contribution in [0.4, 0.5) is 4.39 Å². The summed E-state index contributed by atoms with van der Waals surface area (Å²) < 4.78 is 28.6. The lowest BCUT2D eigenvalue weighted by Gasteiger charge is -2.10. The molecular weight excluding hydrogens is 339 g/mol. The first-order valence-corrected chi connectivity index (χ1v) is 8.21. The van der Waals surface area contributed by atoms with Crippen molar-refractivity contribution in [3.63, 3.8) is 0 Å². The topological polar surface area (TPSA) is 61.8 Å². The van der Waals surface area contributed by atoms with Gasteiger partial charge in [-0.15, -0.1) is 0 Å². The van der Waals surface area contributed by atoms with Gasteiger partial charge in [-0.3, -0.25) is 9.59 Å². The second kappa shape index (κ2) is 9.56. The summed E-state index contributed by atoms with van der Waals surface area (Å²) in [6.45, 7) is 2.02. The summed E-state index contributed by atoms with van der Waals surface area (Å²) in [4.78, 5) is 23.5. The lowest BCUT2D eigenvalue weighted by molar-refractivity contribution is -0.143. The predicted molar refractivity (Wildman–Crippen MR) is 94.2 cm³/mol. The van der Waals surface area contributed by atoms with Crippen LogP contribution in [0, 0.1) is 5.82 Å². The van der Waals surface area contributed by atoms with Crippen molar-refractivity contribution < 1.29 is 28.2 Å². The molecule has 0 aliphatic rings. The van der Waals surface area contributed by atoms with Gasteiger partial charge in [0.1, 0.15) is 17.3 Å². The van der Waals surface area contributed by atoms with Gasteiger partial charge >= 0.3 is 5.97 Å². The fourth-order valence-corrected chi connectivity index (χ4v) is 2.31. The smallest absolute Gasteiger partial charge is 0.310 e. The van der Waals surface area contributed by atoms with Crippen molar-refractivity contribution in [2.45, 2.75) is 19.8 Å². The van der Waals surface area contributed by atoms with Crippen LogP contribution in [-0.2, 0) is 16.0 Å². The molecule has 0 bridgehead atoms. The maximum absolute atomic E-state index is 12.8. The zero-order valence-corrected chi connectivity index (χ0v) is 14.8. The number of methoxy groups -OCH3 is 1. The van der Waals surface area contributed by atoms with Crippen LogP contribution < -0.4 is 9.47 Å². The van der Waals surface area contributed by atoms with Gasteiger partial charge in [0.2, 0.25) is 0 Å². The number of esters is 1. The number of carbonyl (C=O) groups excluding carboxylic acids is 2. The van der Waals surface area contributed by atoms with Gasteiger partial charge in [-0.25, -0.2) is 4.39 Å². The van der Waals surface area contributed by atoms with Crippen LogP contribution in [0.5, 0.6) is 11.5 Å². The highest BCUT2D eigenvalue weighted by atomic mass is 19.1. The first-order valence-electron chi connectivity index (χ1n) is 8.21. The Hall–Kier alpha value is -2.89.